The molecular weight excluding hydrogens is 324 g/mol. The lowest BCUT2D eigenvalue weighted by Crippen LogP contribution is -2.52. The molecule has 0 saturated carbocycles. The van der Waals surface area contributed by atoms with Crippen LogP contribution in [0.4, 0.5) is 0 Å². The highest BCUT2D eigenvalue weighted by Crippen LogP contribution is 2.35. The van der Waals surface area contributed by atoms with E-state index in [9.17, 15) is 4.79 Å². The Balaban J connectivity index is 2.18. The molecule has 0 unspecified atom stereocenters. The second kappa shape index (κ2) is 8.32. The smallest absolute Gasteiger partial charge is 0.230 e. The van der Waals surface area contributed by atoms with Crippen LogP contribution in [0.25, 0.3) is 0 Å². The minimum absolute atomic E-state index is 0.0978. The molecule has 1 atom stereocenters. The van der Waals surface area contributed by atoms with Crippen molar-refractivity contribution in [2.24, 2.45) is 5.92 Å². The summed E-state index contributed by atoms with van der Waals surface area (Å²) in [6, 6.07) is 7.98. The van der Waals surface area contributed by atoms with Crippen molar-refractivity contribution in [1.82, 2.24) is 10.2 Å². The van der Waals surface area contributed by atoms with Gasteiger partial charge in [-0.05, 0) is 50.6 Å². The zero-order valence-corrected chi connectivity index (χ0v) is 15.9. The third-order valence-corrected chi connectivity index (χ3v) is 5.33. The fraction of sp³-hybridized carbons (Fsp3) is 0.632. The molecule has 24 heavy (non-hydrogen) atoms. The third kappa shape index (κ3) is 4.29. The molecule has 1 aromatic carbocycles. The molecule has 1 N–H and O–H groups in total. The van der Waals surface area contributed by atoms with Gasteiger partial charge in [-0.2, -0.15) is 0 Å². The van der Waals surface area contributed by atoms with Crippen molar-refractivity contribution in [2.45, 2.75) is 38.1 Å². The topological polar surface area (TPSA) is 41.6 Å². The van der Waals surface area contributed by atoms with E-state index in [0.717, 1.165) is 5.56 Å². The number of hydrogen-bond acceptors (Lipinski definition) is 3. The monoisotopic (exact) mass is 352 g/mol. The summed E-state index contributed by atoms with van der Waals surface area (Å²) < 4.78 is 5.51. The molecule has 1 amide bonds. The Kier molecular flexibility index (Phi) is 6.67. The summed E-state index contributed by atoms with van der Waals surface area (Å²) in [5, 5.41) is 3.89. The summed E-state index contributed by atoms with van der Waals surface area (Å²) in [7, 11) is 4.11. The van der Waals surface area contributed by atoms with Gasteiger partial charge in [-0.1, -0.05) is 37.6 Å². The molecule has 134 valence electrons. The first-order valence-electron chi connectivity index (χ1n) is 8.65. The van der Waals surface area contributed by atoms with Gasteiger partial charge in [0.2, 0.25) is 5.91 Å². The number of halogens is 1. The maximum atomic E-state index is 13.1. The van der Waals surface area contributed by atoms with Crippen LogP contribution in [0, 0.1) is 5.92 Å². The SMILES string of the molecule is CC(C)[C@H](CNC(=O)C1(c2ccc(Cl)cc2)CCOCC1)N(C)C. The number of likely N-dealkylation sites (N-methyl/N-ethyl adjacent to an activating group) is 1. The molecule has 0 aliphatic carbocycles. The number of amides is 1. The van der Waals surface area contributed by atoms with Crippen LogP contribution < -0.4 is 5.32 Å². The lowest BCUT2D eigenvalue weighted by molar-refractivity contribution is -0.130. The van der Waals surface area contributed by atoms with E-state index in [0.29, 0.717) is 49.6 Å². The zero-order valence-electron chi connectivity index (χ0n) is 15.1. The number of benzene rings is 1. The lowest BCUT2D eigenvalue weighted by atomic mass is 9.73. The first-order valence-corrected chi connectivity index (χ1v) is 9.03. The van der Waals surface area contributed by atoms with Crippen LogP contribution in [0.2, 0.25) is 5.02 Å². The van der Waals surface area contributed by atoms with Crippen molar-refractivity contribution in [3.8, 4) is 0 Å². The first kappa shape index (κ1) is 19.2. The number of carbonyl (C=O) groups excluding carboxylic acids is 1. The molecule has 4 nitrogen and oxygen atoms in total. The van der Waals surface area contributed by atoms with Gasteiger partial charge in [0.25, 0.3) is 0 Å². The number of nitrogens with one attached hydrogen (secondary N) is 1. The van der Waals surface area contributed by atoms with E-state index in [1.807, 2.05) is 24.3 Å². The molecular formula is C19H29ClN2O2. The quantitative estimate of drug-likeness (QED) is 0.855. The van der Waals surface area contributed by atoms with E-state index < -0.39 is 5.41 Å². The number of hydrogen-bond donors (Lipinski definition) is 1. The molecule has 2 rings (SSSR count). The summed E-state index contributed by atoms with van der Waals surface area (Å²) in [6.45, 7) is 6.23. The van der Waals surface area contributed by atoms with Gasteiger partial charge in [0.15, 0.2) is 0 Å². The minimum atomic E-state index is -0.517. The third-order valence-electron chi connectivity index (χ3n) is 5.08. The van der Waals surface area contributed by atoms with E-state index in [-0.39, 0.29) is 5.91 Å². The zero-order chi connectivity index (χ0) is 17.7. The van der Waals surface area contributed by atoms with Crippen LogP contribution in [0.3, 0.4) is 0 Å². The number of nitrogens with zero attached hydrogens (tertiary/aromatic N) is 1. The van der Waals surface area contributed by atoms with Crippen molar-refractivity contribution in [3.63, 3.8) is 0 Å². The van der Waals surface area contributed by atoms with Crippen molar-refractivity contribution in [2.75, 3.05) is 33.9 Å². The first-order chi connectivity index (χ1) is 11.4. The predicted molar refractivity (Wildman–Crippen MR) is 98.5 cm³/mol. The summed E-state index contributed by atoms with van der Waals surface area (Å²) >= 11 is 6.02. The Morgan fingerprint density at radius 3 is 2.33 bits per heavy atom. The molecule has 5 heteroatoms. The van der Waals surface area contributed by atoms with Crippen molar-refractivity contribution >= 4 is 17.5 Å². The molecule has 0 bridgehead atoms. The number of ether oxygens (including phenoxy) is 1. The Morgan fingerprint density at radius 1 is 1.25 bits per heavy atom. The largest absolute Gasteiger partial charge is 0.381 e. The van der Waals surface area contributed by atoms with E-state index in [2.05, 4.69) is 38.2 Å². The van der Waals surface area contributed by atoms with E-state index in [1.165, 1.54) is 0 Å². The van der Waals surface area contributed by atoms with Gasteiger partial charge in [0.1, 0.15) is 0 Å². The van der Waals surface area contributed by atoms with E-state index in [4.69, 9.17) is 16.3 Å². The molecule has 1 heterocycles. The van der Waals surface area contributed by atoms with Crippen LogP contribution in [0.15, 0.2) is 24.3 Å². The summed E-state index contributed by atoms with van der Waals surface area (Å²) in [6.07, 6.45) is 1.41. The normalized spacial score (nSPS) is 18.6. The Morgan fingerprint density at radius 2 is 1.83 bits per heavy atom. The molecule has 1 saturated heterocycles. The standard InChI is InChI=1S/C19H29ClN2O2/c1-14(2)17(22(3)4)13-21-18(23)19(9-11-24-12-10-19)15-5-7-16(20)8-6-15/h5-8,14,17H,9-13H2,1-4H3,(H,21,23)/t17-/m0/s1. The summed E-state index contributed by atoms with van der Waals surface area (Å²) in [5.41, 5.74) is 0.509. The van der Waals surface area contributed by atoms with E-state index >= 15 is 0 Å². The maximum absolute atomic E-state index is 13.1. The molecule has 1 aliphatic heterocycles. The van der Waals surface area contributed by atoms with Crippen LogP contribution in [-0.2, 0) is 14.9 Å². The van der Waals surface area contributed by atoms with Gasteiger partial charge >= 0.3 is 0 Å². The van der Waals surface area contributed by atoms with Crippen LogP contribution in [0.1, 0.15) is 32.3 Å². The lowest BCUT2D eigenvalue weighted by Gasteiger charge is -2.37. The molecule has 0 spiro atoms. The fourth-order valence-corrected chi connectivity index (χ4v) is 3.64. The van der Waals surface area contributed by atoms with Gasteiger partial charge in [0.05, 0.1) is 5.41 Å². The van der Waals surface area contributed by atoms with Gasteiger partial charge in [-0.25, -0.2) is 0 Å². The van der Waals surface area contributed by atoms with Gasteiger partial charge in [0, 0.05) is 30.8 Å². The summed E-state index contributed by atoms with van der Waals surface area (Å²) in [4.78, 5) is 15.3. The highest BCUT2D eigenvalue weighted by molar-refractivity contribution is 6.30. The second-order valence-electron chi connectivity index (χ2n) is 7.19. The molecule has 1 fully saturated rings. The predicted octanol–water partition coefficient (Wildman–Crippen LogP) is 3.09. The average molecular weight is 353 g/mol. The van der Waals surface area contributed by atoms with Gasteiger partial charge in [-0.15, -0.1) is 0 Å². The summed E-state index contributed by atoms with van der Waals surface area (Å²) in [5.74, 6) is 0.571. The number of rotatable bonds is 6. The Bertz CT molecular complexity index is 529. The Labute approximate surface area is 150 Å². The van der Waals surface area contributed by atoms with Crippen molar-refractivity contribution in [3.05, 3.63) is 34.9 Å². The Hall–Kier alpha value is -1.10. The minimum Gasteiger partial charge on any atom is -0.381 e. The maximum Gasteiger partial charge on any atom is 0.230 e. The van der Waals surface area contributed by atoms with Gasteiger partial charge < -0.3 is 15.0 Å². The van der Waals surface area contributed by atoms with E-state index in [1.54, 1.807) is 0 Å². The number of carbonyl (C=O) groups is 1. The van der Waals surface area contributed by atoms with Crippen LogP contribution in [0.5, 0.6) is 0 Å². The molecule has 1 aromatic rings. The fourth-order valence-electron chi connectivity index (χ4n) is 3.52. The highest BCUT2D eigenvalue weighted by Gasteiger charge is 2.41. The average Bonchev–Trinajstić information content (AvgIpc) is 2.55. The van der Waals surface area contributed by atoms with Gasteiger partial charge in [-0.3, -0.25) is 4.79 Å². The van der Waals surface area contributed by atoms with Crippen molar-refractivity contribution in [1.29, 1.82) is 0 Å². The second-order valence-corrected chi connectivity index (χ2v) is 7.62. The van der Waals surface area contributed by atoms with Crippen molar-refractivity contribution < 1.29 is 9.53 Å². The highest BCUT2D eigenvalue weighted by atomic mass is 35.5. The van der Waals surface area contributed by atoms with Crippen LogP contribution in [-0.4, -0.2) is 50.7 Å². The molecule has 1 aliphatic rings. The van der Waals surface area contributed by atoms with Crippen LogP contribution >= 0.6 is 11.6 Å². The molecule has 0 aromatic heterocycles. The molecule has 0 radical (unpaired) electrons.